The number of carbonyl (C=O) groups excluding carboxylic acids is 1. The standard InChI is InChI=1S/C14H17Br2FN2O/c15-4-7-18-5-1-6-19(9-8-18)14(20)11-2-3-13(17)12(16)10-11/h2-3,10H,1,4-9H2. The molecule has 1 amide bonds. The van der Waals surface area contributed by atoms with Crippen LogP contribution in [0.3, 0.4) is 0 Å². The SMILES string of the molecule is O=C(c1ccc(F)c(Br)c1)N1CCCN(CCBr)CC1. The molecule has 0 N–H and O–H groups in total. The van der Waals surface area contributed by atoms with Gasteiger partial charge in [0, 0.05) is 37.1 Å². The Balaban J connectivity index is 2.03. The van der Waals surface area contributed by atoms with Crippen LogP contribution in [-0.2, 0) is 0 Å². The Morgan fingerprint density at radius 2 is 2.05 bits per heavy atom. The molecule has 1 fully saturated rings. The molecule has 3 nitrogen and oxygen atoms in total. The van der Waals surface area contributed by atoms with Crippen molar-refractivity contribution in [2.75, 3.05) is 38.1 Å². The van der Waals surface area contributed by atoms with E-state index >= 15 is 0 Å². The Hall–Kier alpha value is -0.460. The second-order valence-electron chi connectivity index (χ2n) is 4.81. The molecule has 20 heavy (non-hydrogen) atoms. The maximum atomic E-state index is 13.2. The maximum Gasteiger partial charge on any atom is 0.253 e. The zero-order valence-corrected chi connectivity index (χ0v) is 14.3. The fourth-order valence-corrected chi connectivity index (χ4v) is 3.21. The van der Waals surface area contributed by atoms with Crippen LogP contribution in [0.1, 0.15) is 16.8 Å². The molecule has 0 saturated carbocycles. The van der Waals surface area contributed by atoms with Crippen molar-refractivity contribution in [3.05, 3.63) is 34.1 Å². The molecule has 1 aliphatic rings. The first-order valence-electron chi connectivity index (χ1n) is 6.64. The summed E-state index contributed by atoms with van der Waals surface area (Å²) in [5.74, 6) is -0.368. The van der Waals surface area contributed by atoms with E-state index in [1.807, 2.05) is 4.90 Å². The highest BCUT2D eigenvalue weighted by molar-refractivity contribution is 9.10. The lowest BCUT2D eigenvalue weighted by atomic mass is 10.2. The number of alkyl halides is 1. The first-order chi connectivity index (χ1) is 9.61. The third-order valence-electron chi connectivity index (χ3n) is 3.44. The van der Waals surface area contributed by atoms with Crippen molar-refractivity contribution in [1.29, 1.82) is 0 Å². The lowest BCUT2D eigenvalue weighted by Gasteiger charge is -2.21. The third-order valence-corrected chi connectivity index (χ3v) is 4.41. The molecule has 1 saturated heterocycles. The number of halogens is 3. The summed E-state index contributed by atoms with van der Waals surface area (Å²) in [6.07, 6.45) is 0.973. The Morgan fingerprint density at radius 3 is 2.75 bits per heavy atom. The molecule has 0 aromatic heterocycles. The first-order valence-corrected chi connectivity index (χ1v) is 8.56. The van der Waals surface area contributed by atoms with E-state index in [4.69, 9.17) is 0 Å². The van der Waals surface area contributed by atoms with E-state index in [-0.39, 0.29) is 11.7 Å². The van der Waals surface area contributed by atoms with Gasteiger partial charge in [-0.3, -0.25) is 4.79 Å². The summed E-state index contributed by atoms with van der Waals surface area (Å²) in [4.78, 5) is 16.6. The van der Waals surface area contributed by atoms with Gasteiger partial charge in [0.15, 0.2) is 0 Å². The van der Waals surface area contributed by atoms with E-state index in [9.17, 15) is 9.18 Å². The molecule has 0 aliphatic carbocycles. The van der Waals surface area contributed by atoms with Gasteiger partial charge in [0.2, 0.25) is 0 Å². The fraction of sp³-hybridized carbons (Fsp3) is 0.500. The normalized spacial score (nSPS) is 17.1. The number of hydrogen-bond acceptors (Lipinski definition) is 2. The highest BCUT2D eigenvalue weighted by Crippen LogP contribution is 2.18. The van der Waals surface area contributed by atoms with E-state index in [1.165, 1.54) is 6.07 Å². The predicted octanol–water partition coefficient (Wildman–Crippen LogP) is 3.13. The van der Waals surface area contributed by atoms with E-state index in [2.05, 4.69) is 36.8 Å². The number of nitrogens with zero attached hydrogens (tertiary/aromatic N) is 2. The molecule has 0 bridgehead atoms. The Bertz CT molecular complexity index is 484. The first kappa shape index (κ1) is 15.9. The lowest BCUT2D eigenvalue weighted by molar-refractivity contribution is 0.0761. The summed E-state index contributed by atoms with van der Waals surface area (Å²) in [5.41, 5.74) is 0.534. The van der Waals surface area contributed by atoms with Gasteiger partial charge in [-0.1, -0.05) is 15.9 Å². The highest BCUT2D eigenvalue weighted by Gasteiger charge is 2.20. The summed E-state index contributed by atoms with van der Waals surface area (Å²) in [6.45, 7) is 4.39. The van der Waals surface area contributed by atoms with E-state index in [0.29, 0.717) is 10.0 Å². The second kappa shape index (κ2) is 7.52. The zero-order chi connectivity index (χ0) is 14.5. The number of rotatable bonds is 3. The van der Waals surface area contributed by atoms with Gasteiger partial charge in [-0.05, 0) is 47.1 Å². The summed E-state index contributed by atoms with van der Waals surface area (Å²) < 4.78 is 13.6. The minimum atomic E-state index is -0.346. The minimum Gasteiger partial charge on any atom is -0.337 e. The average molecular weight is 408 g/mol. The van der Waals surface area contributed by atoms with Gasteiger partial charge in [0.05, 0.1) is 4.47 Å². The predicted molar refractivity (Wildman–Crippen MR) is 84.9 cm³/mol. The Labute approximate surface area is 135 Å². The van der Waals surface area contributed by atoms with Crippen molar-refractivity contribution in [1.82, 2.24) is 9.80 Å². The molecule has 1 aliphatic heterocycles. The largest absolute Gasteiger partial charge is 0.337 e. The van der Waals surface area contributed by atoms with Gasteiger partial charge >= 0.3 is 0 Å². The van der Waals surface area contributed by atoms with Crippen molar-refractivity contribution in [2.24, 2.45) is 0 Å². The molecular formula is C14H17Br2FN2O. The molecule has 0 unspecified atom stereocenters. The maximum absolute atomic E-state index is 13.2. The van der Waals surface area contributed by atoms with Crippen molar-refractivity contribution >= 4 is 37.8 Å². The van der Waals surface area contributed by atoms with Gasteiger partial charge < -0.3 is 9.80 Å². The molecule has 1 aromatic rings. The van der Waals surface area contributed by atoms with Crippen molar-refractivity contribution in [2.45, 2.75) is 6.42 Å². The van der Waals surface area contributed by atoms with Crippen LogP contribution in [0, 0.1) is 5.82 Å². The average Bonchev–Trinajstić information content (AvgIpc) is 2.67. The quantitative estimate of drug-likeness (QED) is 0.718. The van der Waals surface area contributed by atoms with Crippen molar-refractivity contribution in [3.63, 3.8) is 0 Å². The second-order valence-corrected chi connectivity index (χ2v) is 6.45. The number of carbonyl (C=O) groups is 1. The van der Waals surface area contributed by atoms with Crippen LogP contribution >= 0.6 is 31.9 Å². The van der Waals surface area contributed by atoms with E-state index in [1.54, 1.807) is 12.1 Å². The van der Waals surface area contributed by atoms with Gasteiger partial charge in [0.1, 0.15) is 5.82 Å². The van der Waals surface area contributed by atoms with Crippen LogP contribution in [0.2, 0.25) is 0 Å². The molecule has 0 radical (unpaired) electrons. The minimum absolute atomic E-state index is 0.0219. The monoisotopic (exact) mass is 406 g/mol. The van der Waals surface area contributed by atoms with Crippen LogP contribution in [0.25, 0.3) is 0 Å². The topological polar surface area (TPSA) is 23.6 Å². The van der Waals surface area contributed by atoms with Crippen LogP contribution in [-0.4, -0.2) is 53.8 Å². The Kier molecular flexibility index (Phi) is 5.99. The summed E-state index contributed by atoms with van der Waals surface area (Å²) in [7, 11) is 0. The summed E-state index contributed by atoms with van der Waals surface area (Å²) in [5, 5.41) is 0.950. The third kappa shape index (κ3) is 4.02. The lowest BCUT2D eigenvalue weighted by Crippen LogP contribution is -2.35. The van der Waals surface area contributed by atoms with Gasteiger partial charge in [0.25, 0.3) is 5.91 Å². The molecule has 2 rings (SSSR count). The molecule has 6 heteroatoms. The summed E-state index contributed by atoms with van der Waals surface area (Å²) in [6, 6.07) is 4.43. The molecule has 0 spiro atoms. The van der Waals surface area contributed by atoms with Crippen molar-refractivity contribution in [3.8, 4) is 0 Å². The van der Waals surface area contributed by atoms with Gasteiger partial charge in [-0.15, -0.1) is 0 Å². The van der Waals surface area contributed by atoms with Gasteiger partial charge in [-0.25, -0.2) is 4.39 Å². The van der Waals surface area contributed by atoms with Crippen LogP contribution < -0.4 is 0 Å². The summed E-state index contributed by atoms with van der Waals surface area (Å²) >= 11 is 6.57. The molecular weight excluding hydrogens is 391 g/mol. The fourth-order valence-electron chi connectivity index (χ4n) is 2.33. The smallest absolute Gasteiger partial charge is 0.253 e. The number of hydrogen-bond donors (Lipinski definition) is 0. The number of amides is 1. The van der Waals surface area contributed by atoms with Crippen molar-refractivity contribution < 1.29 is 9.18 Å². The van der Waals surface area contributed by atoms with Crippen LogP contribution in [0.15, 0.2) is 22.7 Å². The van der Waals surface area contributed by atoms with E-state index in [0.717, 1.165) is 44.5 Å². The molecule has 1 aromatic carbocycles. The molecule has 110 valence electrons. The highest BCUT2D eigenvalue weighted by atomic mass is 79.9. The van der Waals surface area contributed by atoms with Crippen LogP contribution in [0.5, 0.6) is 0 Å². The molecule has 1 heterocycles. The van der Waals surface area contributed by atoms with E-state index < -0.39 is 0 Å². The van der Waals surface area contributed by atoms with Crippen LogP contribution in [0.4, 0.5) is 4.39 Å². The number of benzene rings is 1. The molecule has 0 atom stereocenters. The zero-order valence-electron chi connectivity index (χ0n) is 11.1. The van der Waals surface area contributed by atoms with Gasteiger partial charge in [-0.2, -0.15) is 0 Å². The Morgan fingerprint density at radius 1 is 1.25 bits per heavy atom.